The summed E-state index contributed by atoms with van der Waals surface area (Å²) in [7, 11) is 0. The normalized spacial score (nSPS) is 11.5. The van der Waals surface area contributed by atoms with Crippen LogP contribution in [0.3, 0.4) is 0 Å². The van der Waals surface area contributed by atoms with Gasteiger partial charge < -0.3 is 15.8 Å². The second-order valence-electron chi connectivity index (χ2n) is 5.62. The highest BCUT2D eigenvalue weighted by molar-refractivity contribution is 5.99. The van der Waals surface area contributed by atoms with E-state index in [4.69, 9.17) is 10.5 Å². The number of hydrogen-bond donors (Lipinski definition) is 2. The molecule has 26 heavy (non-hydrogen) atoms. The lowest BCUT2D eigenvalue weighted by molar-refractivity contribution is -0.384. The van der Waals surface area contributed by atoms with Crippen molar-refractivity contribution in [1.82, 2.24) is 0 Å². The molecule has 2 aromatic carbocycles. The van der Waals surface area contributed by atoms with E-state index in [2.05, 4.69) is 5.32 Å². The molecule has 0 saturated heterocycles. The van der Waals surface area contributed by atoms with Crippen LogP contribution >= 0.6 is 0 Å². The van der Waals surface area contributed by atoms with Crippen molar-refractivity contribution in [2.75, 3.05) is 11.1 Å². The van der Waals surface area contributed by atoms with E-state index in [0.29, 0.717) is 5.69 Å². The summed E-state index contributed by atoms with van der Waals surface area (Å²) in [6, 6.07) is 10.7. The molecular formula is C18H19N3O5. The van der Waals surface area contributed by atoms with Gasteiger partial charge in [-0.25, -0.2) is 4.79 Å². The molecule has 8 nitrogen and oxygen atoms in total. The van der Waals surface area contributed by atoms with Crippen LogP contribution < -0.4 is 11.1 Å². The van der Waals surface area contributed by atoms with E-state index in [9.17, 15) is 19.7 Å². The fourth-order valence-electron chi connectivity index (χ4n) is 2.19. The average Bonchev–Trinajstić information content (AvgIpc) is 2.61. The summed E-state index contributed by atoms with van der Waals surface area (Å²) in [5.74, 6) is -1.33. The largest absolute Gasteiger partial charge is 0.449 e. The third kappa shape index (κ3) is 4.56. The molecule has 0 aliphatic heterocycles. The number of nitrogens with one attached hydrogen (secondary N) is 1. The predicted molar refractivity (Wildman–Crippen MR) is 96.8 cm³/mol. The van der Waals surface area contributed by atoms with Crippen LogP contribution in [-0.2, 0) is 16.0 Å². The number of carbonyl (C=O) groups is 2. The van der Waals surface area contributed by atoms with Gasteiger partial charge in [0.25, 0.3) is 11.6 Å². The first-order valence-corrected chi connectivity index (χ1v) is 7.96. The number of nitrogen functional groups attached to an aromatic ring is 1. The summed E-state index contributed by atoms with van der Waals surface area (Å²) in [5, 5.41) is 13.3. The maximum absolute atomic E-state index is 12.2. The molecule has 2 rings (SSSR count). The highest BCUT2D eigenvalue weighted by atomic mass is 16.6. The first-order valence-electron chi connectivity index (χ1n) is 7.96. The third-order valence-electron chi connectivity index (χ3n) is 3.75. The van der Waals surface area contributed by atoms with Crippen LogP contribution in [0.5, 0.6) is 0 Å². The Bertz CT molecular complexity index is 833. The third-order valence-corrected chi connectivity index (χ3v) is 3.75. The molecule has 1 atom stereocenters. The minimum atomic E-state index is -1.07. The zero-order valence-electron chi connectivity index (χ0n) is 14.4. The predicted octanol–water partition coefficient (Wildman–Crippen LogP) is 2.92. The van der Waals surface area contributed by atoms with Crippen molar-refractivity contribution in [3.63, 3.8) is 0 Å². The Morgan fingerprint density at radius 1 is 1.23 bits per heavy atom. The molecule has 0 aliphatic carbocycles. The first kappa shape index (κ1) is 18.9. The molecule has 0 spiro atoms. The quantitative estimate of drug-likeness (QED) is 0.354. The molecule has 0 bridgehead atoms. The van der Waals surface area contributed by atoms with E-state index < -0.39 is 22.9 Å². The maximum Gasteiger partial charge on any atom is 0.341 e. The molecule has 0 fully saturated rings. The molecule has 0 aliphatic rings. The topological polar surface area (TPSA) is 125 Å². The lowest BCUT2D eigenvalue weighted by Gasteiger charge is -2.14. The molecule has 3 N–H and O–H groups in total. The number of amides is 1. The minimum absolute atomic E-state index is 0.0393. The second kappa shape index (κ2) is 8.11. The zero-order chi connectivity index (χ0) is 19.3. The number of nitro benzene ring substituents is 1. The molecular weight excluding hydrogens is 338 g/mol. The number of benzene rings is 2. The van der Waals surface area contributed by atoms with Crippen LogP contribution in [0.4, 0.5) is 17.1 Å². The van der Waals surface area contributed by atoms with E-state index in [0.717, 1.165) is 24.1 Å². The van der Waals surface area contributed by atoms with Crippen molar-refractivity contribution in [2.24, 2.45) is 0 Å². The zero-order valence-corrected chi connectivity index (χ0v) is 14.4. The lowest BCUT2D eigenvalue weighted by atomic mass is 10.1. The number of non-ortho nitro benzene ring substituents is 1. The van der Waals surface area contributed by atoms with Gasteiger partial charge >= 0.3 is 5.97 Å². The summed E-state index contributed by atoms with van der Waals surface area (Å²) in [6.07, 6.45) is -0.179. The summed E-state index contributed by atoms with van der Waals surface area (Å²) < 4.78 is 5.10. The van der Waals surface area contributed by atoms with Crippen LogP contribution in [0.25, 0.3) is 0 Å². The number of nitrogens with two attached hydrogens (primary N) is 1. The van der Waals surface area contributed by atoms with E-state index in [1.54, 1.807) is 12.1 Å². The number of nitrogens with zero attached hydrogens (tertiary/aromatic N) is 1. The number of aryl methyl sites for hydroxylation is 1. The molecule has 0 aromatic heterocycles. The number of esters is 1. The van der Waals surface area contributed by atoms with Gasteiger partial charge in [0.05, 0.1) is 16.2 Å². The molecule has 0 heterocycles. The number of nitro groups is 1. The van der Waals surface area contributed by atoms with Gasteiger partial charge in [-0.1, -0.05) is 19.1 Å². The van der Waals surface area contributed by atoms with Gasteiger partial charge in [-0.2, -0.15) is 0 Å². The van der Waals surface area contributed by atoms with Crippen LogP contribution in [0.15, 0.2) is 42.5 Å². The molecule has 0 unspecified atom stereocenters. The van der Waals surface area contributed by atoms with Gasteiger partial charge in [0.2, 0.25) is 0 Å². The van der Waals surface area contributed by atoms with Gasteiger partial charge in [0, 0.05) is 17.8 Å². The van der Waals surface area contributed by atoms with E-state index >= 15 is 0 Å². The SMILES string of the molecule is CCc1ccc(NC(=O)[C@H](C)OC(=O)c2ccc([N+](=O)[O-])cc2N)cc1. The van der Waals surface area contributed by atoms with Gasteiger partial charge in [0.1, 0.15) is 0 Å². The number of carbonyl (C=O) groups excluding carboxylic acids is 2. The van der Waals surface area contributed by atoms with E-state index in [-0.39, 0.29) is 16.9 Å². The highest BCUT2D eigenvalue weighted by Crippen LogP contribution is 2.21. The molecule has 8 heteroatoms. The Morgan fingerprint density at radius 3 is 2.42 bits per heavy atom. The van der Waals surface area contributed by atoms with E-state index in [1.807, 2.05) is 19.1 Å². The van der Waals surface area contributed by atoms with Gasteiger partial charge in [-0.05, 0) is 37.1 Å². The number of ether oxygens (including phenoxy) is 1. The summed E-state index contributed by atoms with van der Waals surface area (Å²) in [4.78, 5) is 34.4. The number of hydrogen-bond acceptors (Lipinski definition) is 6. The van der Waals surface area contributed by atoms with Gasteiger partial charge in [-0.15, -0.1) is 0 Å². The molecule has 1 amide bonds. The average molecular weight is 357 g/mol. The van der Waals surface area contributed by atoms with Crippen molar-refractivity contribution < 1.29 is 19.2 Å². The maximum atomic E-state index is 12.2. The fourth-order valence-corrected chi connectivity index (χ4v) is 2.19. The highest BCUT2D eigenvalue weighted by Gasteiger charge is 2.21. The Kier molecular flexibility index (Phi) is 5.90. The van der Waals surface area contributed by atoms with Crippen molar-refractivity contribution in [3.8, 4) is 0 Å². The van der Waals surface area contributed by atoms with Crippen LogP contribution in [0.2, 0.25) is 0 Å². The van der Waals surface area contributed by atoms with Crippen molar-refractivity contribution in [1.29, 1.82) is 0 Å². The number of anilines is 2. The molecule has 2 aromatic rings. The standard InChI is InChI=1S/C18H19N3O5/c1-3-12-4-6-13(7-5-12)20-17(22)11(2)26-18(23)15-9-8-14(21(24)25)10-16(15)19/h4-11H,3,19H2,1-2H3,(H,20,22)/t11-/m0/s1. The number of rotatable bonds is 6. The Labute approximate surface area is 150 Å². The second-order valence-corrected chi connectivity index (χ2v) is 5.62. The van der Waals surface area contributed by atoms with Crippen LogP contribution in [0, 0.1) is 10.1 Å². The molecule has 0 radical (unpaired) electrons. The van der Waals surface area contributed by atoms with Crippen LogP contribution in [0.1, 0.15) is 29.8 Å². The van der Waals surface area contributed by atoms with Crippen molar-refractivity contribution in [3.05, 3.63) is 63.7 Å². The smallest absolute Gasteiger partial charge is 0.341 e. The Balaban J connectivity index is 2.01. The van der Waals surface area contributed by atoms with Crippen LogP contribution in [-0.4, -0.2) is 22.9 Å². The lowest BCUT2D eigenvalue weighted by Crippen LogP contribution is -2.30. The Hall–Kier alpha value is -3.42. The van der Waals surface area contributed by atoms with Gasteiger partial charge in [0.15, 0.2) is 6.10 Å². The fraction of sp³-hybridized carbons (Fsp3) is 0.222. The van der Waals surface area contributed by atoms with Crippen molar-refractivity contribution in [2.45, 2.75) is 26.4 Å². The molecule has 136 valence electrons. The minimum Gasteiger partial charge on any atom is -0.449 e. The molecule has 0 saturated carbocycles. The van der Waals surface area contributed by atoms with Gasteiger partial charge in [-0.3, -0.25) is 14.9 Å². The summed E-state index contributed by atoms with van der Waals surface area (Å²) in [5.41, 5.74) is 7.01. The Morgan fingerprint density at radius 2 is 1.88 bits per heavy atom. The summed E-state index contributed by atoms with van der Waals surface area (Å²) in [6.45, 7) is 3.45. The van der Waals surface area contributed by atoms with E-state index in [1.165, 1.54) is 13.0 Å². The monoisotopic (exact) mass is 357 g/mol. The summed E-state index contributed by atoms with van der Waals surface area (Å²) >= 11 is 0. The van der Waals surface area contributed by atoms with Crippen molar-refractivity contribution >= 4 is 28.9 Å². The first-order chi connectivity index (χ1) is 12.3.